The van der Waals surface area contributed by atoms with Gasteiger partial charge in [-0.1, -0.05) is 53.6 Å². The Morgan fingerprint density at radius 3 is 2.30 bits per heavy atom. The van der Waals surface area contributed by atoms with Gasteiger partial charge >= 0.3 is 0 Å². The number of aryl methyl sites for hydroxylation is 1. The summed E-state index contributed by atoms with van der Waals surface area (Å²) in [6, 6.07) is 23.0. The minimum Gasteiger partial charge on any atom is -0.322 e. The number of aromatic nitrogens is 3. The van der Waals surface area contributed by atoms with Crippen LogP contribution in [0.3, 0.4) is 0 Å². The van der Waals surface area contributed by atoms with Crippen LogP contribution in [0.4, 0.5) is 10.1 Å². The highest BCUT2D eigenvalue weighted by Crippen LogP contribution is 2.28. The third-order valence-electron chi connectivity index (χ3n) is 5.31. The van der Waals surface area contributed by atoms with Crippen molar-refractivity contribution in [3.63, 3.8) is 0 Å². The first-order chi connectivity index (χ1) is 16.0. The summed E-state index contributed by atoms with van der Waals surface area (Å²) < 4.78 is 14.9. The zero-order valence-electron chi connectivity index (χ0n) is 17.6. The fraction of sp³-hybridized carbons (Fsp3) is 0.0385. The third kappa shape index (κ3) is 4.21. The molecule has 5 aromatic rings. The maximum absolute atomic E-state index is 13.2. The average molecular weight is 457 g/mol. The fourth-order valence-electron chi connectivity index (χ4n) is 3.55. The average Bonchev–Trinajstić information content (AvgIpc) is 3.25. The van der Waals surface area contributed by atoms with E-state index in [4.69, 9.17) is 16.6 Å². The van der Waals surface area contributed by atoms with Crippen LogP contribution in [-0.4, -0.2) is 20.5 Å². The molecule has 0 saturated heterocycles. The summed E-state index contributed by atoms with van der Waals surface area (Å²) in [6.45, 7) is 2.02. The van der Waals surface area contributed by atoms with E-state index in [0.717, 1.165) is 22.4 Å². The normalized spacial score (nSPS) is 11.0. The summed E-state index contributed by atoms with van der Waals surface area (Å²) in [5, 5.41) is 7.86. The molecule has 0 fully saturated rings. The zero-order valence-corrected chi connectivity index (χ0v) is 18.3. The highest BCUT2D eigenvalue weighted by atomic mass is 35.5. The largest absolute Gasteiger partial charge is 0.322 e. The van der Waals surface area contributed by atoms with Crippen molar-refractivity contribution in [2.45, 2.75) is 6.92 Å². The number of nitrogens with one attached hydrogen (secondary N) is 1. The Balaban J connectivity index is 1.65. The highest BCUT2D eigenvalue weighted by Gasteiger charge is 2.19. The van der Waals surface area contributed by atoms with E-state index in [1.54, 1.807) is 16.6 Å². The first-order valence-electron chi connectivity index (χ1n) is 10.3. The molecule has 0 saturated carbocycles. The molecule has 2 aromatic heterocycles. The van der Waals surface area contributed by atoms with Gasteiger partial charge in [0.25, 0.3) is 5.91 Å². The minimum atomic E-state index is -0.382. The van der Waals surface area contributed by atoms with E-state index < -0.39 is 0 Å². The topological polar surface area (TPSA) is 59.3 Å². The van der Waals surface area contributed by atoms with Gasteiger partial charge in [0, 0.05) is 21.8 Å². The van der Waals surface area contributed by atoms with E-state index in [2.05, 4.69) is 10.4 Å². The van der Waals surface area contributed by atoms with E-state index in [0.29, 0.717) is 27.6 Å². The third-order valence-corrected chi connectivity index (χ3v) is 5.56. The molecule has 162 valence electrons. The molecule has 7 heteroatoms. The predicted molar refractivity (Wildman–Crippen MR) is 128 cm³/mol. The van der Waals surface area contributed by atoms with Crippen molar-refractivity contribution in [3.8, 4) is 22.5 Å². The second-order valence-corrected chi connectivity index (χ2v) is 8.09. The maximum Gasteiger partial charge on any atom is 0.261 e. The summed E-state index contributed by atoms with van der Waals surface area (Å²) in [6.07, 6.45) is 1.49. The lowest BCUT2D eigenvalue weighted by Gasteiger charge is -2.10. The number of halogens is 2. The molecule has 0 bridgehead atoms. The van der Waals surface area contributed by atoms with Gasteiger partial charge in [-0.15, -0.1) is 0 Å². The number of anilines is 1. The Hall–Kier alpha value is -4.03. The molecule has 0 spiro atoms. The number of hydrogen-bond acceptors (Lipinski definition) is 3. The van der Waals surface area contributed by atoms with E-state index >= 15 is 0 Å². The number of nitrogens with zero attached hydrogens (tertiary/aromatic N) is 3. The molecule has 5 nitrogen and oxygen atoms in total. The quantitative estimate of drug-likeness (QED) is 0.339. The van der Waals surface area contributed by atoms with Gasteiger partial charge in [0.05, 0.1) is 17.6 Å². The Kier molecular flexibility index (Phi) is 5.36. The van der Waals surface area contributed by atoms with Crippen molar-refractivity contribution in [2.75, 3.05) is 5.32 Å². The van der Waals surface area contributed by atoms with Crippen LogP contribution in [0, 0.1) is 12.7 Å². The van der Waals surface area contributed by atoms with Crippen molar-refractivity contribution >= 4 is 28.8 Å². The number of benzene rings is 3. The van der Waals surface area contributed by atoms with Crippen LogP contribution in [0.2, 0.25) is 5.02 Å². The van der Waals surface area contributed by atoms with E-state index in [9.17, 15) is 9.18 Å². The molecule has 3 aromatic carbocycles. The number of carbonyl (C=O) groups excluding carboxylic acids is 1. The van der Waals surface area contributed by atoms with Gasteiger partial charge in [-0.05, 0) is 49.4 Å². The molecule has 0 aliphatic carbocycles. The zero-order chi connectivity index (χ0) is 22.9. The Bertz CT molecular complexity index is 1460. The first-order valence-corrected chi connectivity index (χ1v) is 10.6. The fourth-order valence-corrected chi connectivity index (χ4v) is 3.68. The Morgan fingerprint density at radius 1 is 0.939 bits per heavy atom. The lowest BCUT2D eigenvalue weighted by molar-refractivity contribution is 0.102. The lowest BCUT2D eigenvalue weighted by atomic mass is 10.1. The lowest BCUT2D eigenvalue weighted by Crippen LogP contribution is -2.12. The SMILES string of the molecule is Cc1ccc(-c2cc(-c3ccc(Cl)cc3)nc3c(C(=O)Nc4ccc(F)cc4)cnn23)cc1. The summed E-state index contributed by atoms with van der Waals surface area (Å²) in [5.41, 5.74) is 5.63. The van der Waals surface area contributed by atoms with Gasteiger partial charge in [-0.25, -0.2) is 13.9 Å². The molecule has 5 rings (SSSR count). The number of carbonyl (C=O) groups is 1. The summed E-state index contributed by atoms with van der Waals surface area (Å²) >= 11 is 6.06. The van der Waals surface area contributed by atoms with Crippen molar-refractivity contribution in [2.24, 2.45) is 0 Å². The molecule has 2 heterocycles. The molecule has 0 unspecified atom stereocenters. The van der Waals surface area contributed by atoms with Gasteiger partial charge in [0.15, 0.2) is 5.65 Å². The van der Waals surface area contributed by atoms with Crippen LogP contribution >= 0.6 is 11.6 Å². The van der Waals surface area contributed by atoms with Crippen LogP contribution in [0.1, 0.15) is 15.9 Å². The number of hydrogen-bond donors (Lipinski definition) is 1. The molecule has 0 atom stereocenters. The molecule has 1 amide bonds. The monoisotopic (exact) mass is 456 g/mol. The second kappa shape index (κ2) is 8.48. The maximum atomic E-state index is 13.2. The van der Waals surface area contributed by atoms with Crippen LogP contribution in [0.25, 0.3) is 28.2 Å². The Morgan fingerprint density at radius 2 is 1.61 bits per heavy atom. The molecular weight excluding hydrogens is 439 g/mol. The van der Waals surface area contributed by atoms with Gasteiger partial charge in [-0.2, -0.15) is 5.10 Å². The highest BCUT2D eigenvalue weighted by molar-refractivity contribution is 6.30. The number of amides is 1. The van der Waals surface area contributed by atoms with Crippen LogP contribution in [-0.2, 0) is 0 Å². The van der Waals surface area contributed by atoms with Crippen molar-refractivity contribution < 1.29 is 9.18 Å². The molecule has 0 radical (unpaired) electrons. The van der Waals surface area contributed by atoms with Gasteiger partial charge < -0.3 is 5.32 Å². The smallest absolute Gasteiger partial charge is 0.261 e. The van der Waals surface area contributed by atoms with Crippen LogP contribution < -0.4 is 5.32 Å². The van der Waals surface area contributed by atoms with Crippen LogP contribution in [0.15, 0.2) is 85.1 Å². The van der Waals surface area contributed by atoms with E-state index in [-0.39, 0.29) is 11.7 Å². The predicted octanol–water partition coefficient (Wildman–Crippen LogP) is 6.42. The van der Waals surface area contributed by atoms with Gasteiger partial charge in [0.2, 0.25) is 0 Å². The second-order valence-electron chi connectivity index (χ2n) is 7.65. The summed E-state index contributed by atoms with van der Waals surface area (Å²) in [7, 11) is 0. The van der Waals surface area contributed by atoms with Gasteiger partial charge in [0.1, 0.15) is 11.4 Å². The van der Waals surface area contributed by atoms with Crippen molar-refractivity contribution in [1.82, 2.24) is 14.6 Å². The van der Waals surface area contributed by atoms with E-state index in [1.807, 2.05) is 49.4 Å². The van der Waals surface area contributed by atoms with Crippen LogP contribution in [0.5, 0.6) is 0 Å². The minimum absolute atomic E-state index is 0.309. The molecular formula is C26H18ClFN4O. The molecule has 1 N–H and O–H groups in total. The summed E-state index contributed by atoms with van der Waals surface area (Å²) in [4.78, 5) is 17.8. The molecule has 33 heavy (non-hydrogen) atoms. The van der Waals surface area contributed by atoms with E-state index in [1.165, 1.54) is 30.5 Å². The first kappa shape index (κ1) is 20.8. The number of rotatable bonds is 4. The molecule has 0 aliphatic heterocycles. The molecule has 0 aliphatic rings. The Labute approximate surface area is 194 Å². The summed E-state index contributed by atoms with van der Waals surface area (Å²) in [5.74, 6) is -0.756. The number of fused-ring (bicyclic) bond motifs is 1. The van der Waals surface area contributed by atoms with Crippen molar-refractivity contribution in [1.29, 1.82) is 0 Å². The van der Waals surface area contributed by atoms with Gasteiger partial charge in [-0.3, -0.25) is 4.79 Å². The van der Waals surface area contributed by atoms with Crippen molar-refractivity contribution in [3.05, 3.63) is 107 Å². The standard InChI is InChI=1S/C26H18ClFN4O/c1-16-2-4-18(5-3-16)24-14-23(17-6-8-19(27)9-7-17)31-25-22(15-29-32(24)25)26(33)30-21-12-10-20(28)11-13-21/h2-15H,1H3,(H,30,33).